The second-order valence-electron chi connectivity index (χ2n) is 8.87. The van der Waals surface area contributed by atoms with Gasteiger partial charge in [0.25, 0.3) is 10.0 Å². The monoisotopic (exact) mass is 538 g/mol. The zero-order valence-corrected chi connectivity index (χ0v) is 22.4. The molecule has 0 aliphatic carbocycles. The maximum atomic E-state index is 13.5. The fourth-order valence-corrected chi connectivity index (χ4v) is 9.13. The van der Waals surface area contributed by atoms with E-state index in [-0.39, 0.29) is 10.1 Å². The fraction of sp³-hybridized carbons (Fsp3) is 0.478. The molecule has 1 atom stereocenters. The van der Waals surface area contributed by atoms with Gasteiger partial charge in [-0.3, -0.25) is 4.79 Å². The molecular weight excluding hydrogens is 512 g/mol. The van der Waals surface area contributed by atoms with Crippen LogP contribution in [0.2, 0.25) is 4.34 Å². The molecule has 2 aromatic heterocycles. The van der Waals surface area contributed by atoms with Crippen LogP contribution in [0.1, 0.15) is 30.4 Å². The van der Waals surface area contributed by atoms with E-state index in [1.165, 1.54) is 26.2 Å². The minimum Gasteiger partial charge on any atom is -0.345 e. The quantitative estimate of drug-likeness (QED) is 0.488. The molecule has 0 N–H and O–H groups in total. The number of fused-ring (bicyclic) bond motifs is 1. The molecular formula is C23H27ClN4O3S3. The lowest BCUT2D eigenvalue weighted by Gasteiger charge is -2.40. The van der Waals surface area contributed by atoms with Gasteiger partial charge in [0.1, 0.15) is 10.3 Å². The maximum Gasteiger partial charge on any atom is 0.253 e. The molecule has 0 radical (unpaired) electrons. The Morgan fingerprint density at radius 1 is 1.00 bits per heavy atom. The summed E-state index contributed by atoms with van der Waals surface area (Å²) >= 11 is 8.72. The van der Waals surface area contributed by atoms with Crippen molar-refractivity contribution in [3.63, 3.8) is 0 Å². The van der Waals surface area contributed by atoms with Crippen molar-refractivity contribution < 1.29 is 13.2 Å². The summed E-state index contributed by atoms with van der Waals surface area (Å²) in [6, 6.07) is 6.69. The molecule has 5 rings (SSSR count). The van der Waals surface area contributed by atoms with Gasteiger partial charge in [0, 0.05) is 32.7 Å². The Labute approximate surface area is 213 Å². The lowest BCUT2D eigenvalue weighted by molar-refractivity contribution is -0.136. The van der Waals surface area contributed by atoms with Gasteiger partial charge in [0.15, 0.2) is 5.13 Å². The average molecular weight is 539 g/mol. The molecule has 3 aromatic rings. The lowest BCUT2D eigenvalue weighted by atomic mass is 10.0. The van der Waals surface area contributed by atoms with Gasteiger partial charge in [-0.25, -0.2) is 13.4 Å². The van der Waals surface area contributed by atoms with Crippen molar-refractivity contribution >= 4 is 65.6 Å². The molecule has 7 nitrogen and oxygen atoms in total. The summed E-state index contributed by atoms with van der Waals surface area (Å²) < 4.78 is 29.8. The first-order valence-corrected chi connectivity index (χ1v) is 14.9. The Kier molecular flexibility index (Phi) is 6.62. The number of halogens is 1. The highest BCUT2D eigenvalue weighted by atomic mass is 35.5. The molecule has 182 valence electrons. The van der Waals surface area contributed by atoms with E-state index in [2.05, 4.69) is 30.9 Å². The lowest BCUT2D eigenvalue weighted by Crippen LogP contribution is -2.57. The van der Waals surface area contributed by atoms with E-state index in [0.717, 1.165) is 34.8 Å². The molecule has 1 aromatic carbocycles. The first-order chi connectivity index (χ1) is 16.3. The highest BCUT2D eigenvalue weighted by Gasteiger charge is 2.40. The van der Waals surface area contributed by atoms with Crippen LogP contribution >= 0.6 is 34.3 Å². The van der Waals surface area contributed by atoms with Crippen LogP contribution in [0.4, 0.5) is 5.13 Å². The van der Waals surface area contributed by atoms with Crippen molar-refractivity contribution in [1.29, 1.82) is 0 Å². The zero-order valence-electron chi connectivity index (χ0n) is 19.2. The van der Waals surface area contributed by atoms with E-state index in [9.17, 15) is 13.2 Å². The molecule has 2 fully saturated rings. The Morgan fingerprint density at radius 2 is 1.74 bits per heavy atom. The number of carbonyl (C=O) groups is 1. The van der Waals surface area contributed by atoms with Gasteiger partial charge in [0.05, 0.1) is 14.6 Å². The van der Waals surface area contributed by atoms with E-state index in [4.69, 9.17) is 16.6 Å². The number of sulfonamides is 1. The summed E-state index contributed by atoms with van der Waals surface area (Å²) in [7, 11) is -3.75. The van der Waals surface area contributed by atoms with E-state index in [0.29, 0.717) is 43.5 Å². The minimum absolute atomic E-state index is 0.0958. The molecule has 2 aliphatic heterocycles. The van der Waals surface area contributed by atoms with Crippen LogP contribution in [0.15, 0.2) is 28.5 Å². The van der Waals surface area contributed by atoms with E-state index >= 15 is 0 Å². The normalized spacial score (nSPS) is 20.3. The Morgan fingerprint density at radius 3 is 2.41 bits per heavy atom. The summed E-state index contributed by atoms with van der Waals surface area (Å²) in [6.07, 6.45) is 2.15. The number of hydrogen-bond acceptors (Lipinski definition) is 7. The number of amides is 1. The number of rotatable bonds is 4. The number of hydrogen-bond donors (Lipinski definition) is 0. The zero-order chi connectivity index (χ0) is 24.0. The number of benzene rings is 1. The van der Waals surface area contributed by atoms with Crippen LogP contribution in [-0.4, -0.2) is 67.3 Å². The van der Waals surface area contributed by atoms with Crippen molar-refractivity contribution in [2.45, 2.75) is 43.4 Å². The van der Waals surface area contributed by atoms with E-state index in [1.54, 1.807) is 17.4 Å². The smallest absolute Gasteiger partial charge is 0.253 e. The predicted octanol–water partition coefficient (Wildman–Crippen LogP) is 4.52. The third-order valence-electron chi connectivity index (χ3n) is 6.64. The molecule has 11 heteroatoms. The molecule has 2 aliphatic rings. The molecule has 0 bridgehead atoms. The maximum absolute atomic E-state index is 13.5. The van der Waals surface area contributed by atoms with E-state index in [1.807, 2.05) is 4.90 Å². The second kappa shape index (κ2) is 9.39. The minimum atomic E-state index is -3.75. The average Bonchev–Trinajstić information content (AvgIpc) is 3.49. The van der Waals surface area contributed by atoms with Crippen LogP contribution in [0.25, 0.3) is 10.2 Å². The van der Waals surface area contributed by atoms with Gasteiger partial charge in [-0.15, -0.1) is 11.3 Å². The van der Waals surface area contributed by atoms with Crippen molar-refractivity contribution in [2.75, 3.05) is 37.6 Å². The highest BCUT2D eigenvalue weighted by Crippen LogP contribution is 2.35. The third kappa shape index (κ3) is 4.35. The number of aromatic nitrogens is 1. The number of aryl methyl sites for hydroxylation is 2. The van der Waals surface area contributed by atoms with Gasteiger partial charge in [-0.1, -0.05) is 41.5 Å². The third-order valence-corrected chi connectivity index (χ3v) is 11.5. The van der Waals surface area contributed by atoms with Gasteiger partial charge >= 0.3 is 0 Å². The van der Waals surface area contributed by atoms with E-state index < -0.39 is 16.1 Å². The van der Waals surface area contributed by atoms with Gasteiger partial charge < -0.3 is 9.80 Å². The molecule has 34 heavy (non-hydrogen) atoms. The first-order valence-electron chi connectivity index (χ1n) is 11.4. The largest absolute Gasteiger partial charge is 0.345 e. The Balaban J connectivity index is 1.30. The van der Waals surface area contributed by atoms with Crippen LogP contribution in [0, 0.1) is 13.8 Å². The molecule has 0 saturated carbocycles. The van der Waals surface area contributed by atoms with Crippen LogP contribution < -0.4 is 4.90 Å². The first kappa shape index (κ1) is 24.0. The standard InChI is InChI=1S/C23H27ClN4O3S3/c1-15-6-7-16(2)21-20(15)25-23(33-21)27-13-11-26(12-14-27)22(29)17-5-3-4-10-28(17)34(30,31)19-9-8-18(24)32-19/h6-9,17H,3-5,10-14H2,1-2H3. The fourth-order valence-electron chi connectivity index (χ4n) is 4.70. The summed E-state index contributed by atoms with van der Waals surface area (Å²) in [5.41, 5.74) is 3.45. The Hall–Kier alpha value is -1.72. The molecule has 2 saturated heterocycles. The summed E-state index contributed by atoms with van der Waals surface area (Å²) in [4.78, 5) is 22.4. The highest BCUT2D eigenvalue weighted by molar-refractivity contribution is 7.91. The molecule has 4 heterocycles. The number of piperazine rings is 1. The molecule has 0 spiro atoms. The van der Waals surface area contributed by atoms with Crippen LogP contribution in [-0.2, 0) is 14.8 Å². The Bertz CT molecular complexity index is 1290. The van der Waals surface area contributed by atoms with Gasteiger partial charge in [-0.2, -0.15) is 4.31 Å². The van der Waals surface area contributed by atoms with Gasteiger partial charge in [-0.05, 0) is 49.9 Å². The summed E-state index contributed by atoms with van der Waals surface area (Å²) in [5.74, 6) is -0.0958. The topological polar surface area (TPSA) is 73.8 Å². The summed E-state index contributed by atoms with van der Waals surface area (Å²) in [5, 5.41) is 0.982. The number of thiophene rings is 1. The number of nitrogens with zero attached hydrogens (tertiary/aromatic N) is 4. The molecule has 1 amide bonds. The van der Waals surface area contributed by atoms with Crippen molar-refractivity contribution in [1.82, 2.24) is 14.2 Å². The SMILES string of the molecule is Cc1ccc(C)c2sc(N3CCN(C(=O)C4CCCCN4S(=O)(=O)c4ccc(Cl)s4)CC3)nc12. The number of carbonyl (C=O) groups excluding carboxylic acids is 1. The summed E-state index contributed by atoms with van der Waals surface area (Å²) in [6.45, 7) is 7.03. The van der Waals surface area contributed by atoms with Crippen molar-refractivity contribution in [2.24, 2.45) is 0 Å². The number of piperidine rings is 1. The number of anilines is 1. The van der Waals surface area contributed by atoms with Crippen LogP contribution in [0.5, 0.6) is 0 Å². The van der Waals surface area contributed by atoms with Crippen molar-refractivity contribution in [3.05, 3.63) is 39.7 Å². The second-order valence-corrected chi connectivity index (χ2v) is 13.7. The van der Waals surface area contributed by atoms with Crippen LogP contribution in [0.3, 0.4) is 0 Å². The molecule has 1 unspecified atom stereocenters. The van der Waals surface area contributed by atoms with Crippen molar-refractivity contribution in [3.8, 4) is 0 Å². The number of thiazole rings is 1. The van der Waals surface area contributed by atoms with Gasteiger partial charge in [0.2, 0.25) is 5.91 Å². The predicted molar refractivity (Wildman–Crippen MR) is 139 cm³/mol.